The molecule has 2 aromatic heterocycles. The summed E-state index contributed by atoms with van der Waals surface area (Å²) >= 11 is 0. The molecule has 142 valence electrons. The maximum atomic E-state index is 11.3. The van der Waals surface area contributed by atoms with Crippen molar-refractivity contribution in [3.63, 3.8) is 0 Å². The Labute approximate surface area is 164 Å². The predicted molar refractivity (Wildman–Crippen MR) is 106 cm³/mol. The van der Waals surface area contributed by atoms with Crippen molar-refractivity contribution >= 4 is 11.6 Å². The summed E-state index contributed by atoms with van der Waals surface area (Å²) in [6, 6.07) is 18.1. The molecule has 0 saturated heterocycles. The fourth-order valence-corrected chi connectivity index (χ4v) is 2.82. The largest absolute Gasteiger partial charge is 0.461 e. The van der Waals surface area contributed by atoms with Crippen molar-refractivity contribution < 1.29 is 14.1 Å². The van der Waals surface area contributed by atoms with Crippen LogP contribution in [0.25, 0.3) is 34.1 Å². The number of nitrogens with two attached hydrogens (primary N) is 1. The van der Waals surface area contributed by atoms with Gasteiger partial charge in [-0.1, -0.05) is 12.1 Å². The van der Waals surface area contributed by atoms with Crippen LogP contribution in [0, 0.1) is 10.1 Å². The van der Waals surface area contributed by atoms with E-state index in [4.69, 9.17) is 10.2 Å². The quantitative estimate of drug-likeness (QED) is 0.407. The van der Waals surface area contributed by atoms with Crippen LogP contribution in [0.3, 0.4) is 0 Å². The average Bonchev–Trinajstić information content (AvgIpc) is 3.28. The monoisotopic (exact) mass is 386 g/mol. The van der Waals surface area contributed by atoms with Crippen LogP contribution in [0.4, 0.5) is 5.69 Å². The minimum Gasteiger partial charge on any atom is -0.461 e. The minimum absolute atomic E-state index is 0.00340. The molecule has 1 amide bonds. The van der Waals surface area contributed by atoms with Gasteiger partial charge in [0.1, 0.15) is 0 Å². The van der Waals surface area contributed by atoms with Crippen LogP contribution in [0.2, 0.25) is 0 Å². The Kier molecular flexibility index (Phi) is 4.58. The summed E-state index contributed by atoms with van der Waals surface area (Å²) in [5, 5.41) is 10.9. The van der Waals surface area contributed by atoms with E-state index in [-0.39, 0.29) is 5.69 Å². The number of hydrogen-bond donors (Lipinski definition) is 1. The second kappa shape index (κ2) is 7.35. The summed E-state index contributed by atoms with van der Waals surface area (Å²) < 4.78 is 5.43. The van der Waals surface area contributed by atoms with Gasteiger partial charge in [0, 0.05) is 28.8 Å². The molecule has 0 fully saturated rings. The van der Waals surface area contributed by atoms with Gasteiger partial charge in [-0.3, -0.25) is 14.9 Å². The Bertz CT molecular complexity index is 1110. The molecular weight excluding hydrogens is 372 g/mol. The van der Waals surface area contributed by atoms with Crippen LogP contribution in [0.15, 0.2) is 77.4 Å². The number of non-ortho nitro benzene ring substituents is 1. The molecule has 0 atom stereocenters. The number of hydrogen-bond acceptors (Lipinski definition) is 6. The molecular formula is C21H14N4O4. The van der Waals surface area contributed by atoms with E-state index in [9.17, 15) is 14.9 Å². The van der Waals surface area contributed by atoms with E-state index in [0.717, 1.165) is 5.56 Å². The first kappa shape index (κ1) is 18.1. The zero-order valence-electron chi connectivity index (χ0n) is 15.0. The zero-order valence-corrected chi connectivity index (χ0v) is 15.0. The molecule has 0 aliphatic carbocycles. The Morgan fingerprint density at radius 1 is 0.931 bits per heavy atom. The second-order valence-corrected chi connectivity index (χ2v) is 6.18. The van der Waals surface area contributed by atoms with Crippen molar-refractivity contribution in [2.24, 2.45) is 5.73 Å². The first-order chi connectivity index (χ1) is 14.0. The van der Waals surface area contributed by atoms with Crippen LogP contribution in [0.1, 0.15) is 10.4 Å². The first-order valence-corrected chi connectivity index (χ1v) is 8.59. The van der Waals surface area contributed by atoms with Gasteiger partial charge in [0.05, 0.1) is 22.6 Å². The Morgan fingerprint density at radius 3 is 2.00 bits per heavy atom. The van der Waals surface area contributed by atoms with Crippen molar-refractivity contribution in [1.29, 1.82) is 0 Å². The summed E-state index contributed by atoms with van der Waals surface area (Å²) in [5.41, 5.74) is 8.33. The molecule has 0 bridgehead atoms. The molecule has 2 N–H and O–H groups in total. The number of nitro benzene ring substituents is 1. The van der Waals surface area contributed by atoms with Crippen molar-refractivity contribution in [3.05, 3.63) is 88.7 Å². The lowest BCUT2D eigenvalue weighted by Crippen LogP contribution is -2.10. The molecule has 0 saturated carbocycles. The summed E-state index contributed by atoms with van der Waals surface area (Å²) in [5.74, 6) is 0.352. The van der Waals surface area contributed by atoms with E-state index < -0.39 is 10.8 Å². The smallest absolute Gasteiger partial charge is 0.269 e. The number of primary amides is 1. The lowest BCUT2D eigenvalue weighted by atomic mass is 10.1. The normalized spacial score (nSPS) is 10.6. The molecule has 0 radical (unpaired) electrons. The number of carbonyl (C=O) groups excluding carboxylic acids is 1. The number of amides is 1. The highest BCUT2D eigenvalue weighted by atomic mass is 16.6. The number of aromatic nitrogens is 2. The third-order valence-corrected chi connectivity index (χ3v) is 4.31. The van der Waals surface area contributed by atoms with Gasteiger partial charge in [0.2, 0.25) is 5.91 Å². The SMILES string of the molecule is NC(=O)c1ccc(-c2cc(-c3ccc([N+](=O)[O-])cc3)nc(-c3ccco3)n2)cc1. The van der Waals surface area contributed by atoms with Crippen LogP contribution in [-0.2, 0) is 0 Å². The molecule has 4 aromatic rings. The van der Waals surface area contributed by atoms with E-state index in [1.807, 2.05) is 0 Å². The number of nitro groups is 1. The second-order valence-electron chi connectivity index (χ2n) is 6.18. The maximum Gasteiger partial charge on any atom is 0.269 e. The third-order valence-electron chi connectivity index (χ3n) is 4.31. The maximum absolute atomic E-state index is 11.3. The van der Waals surface area contributed by atoms with Gasteiger partial charge in [-0.15, -0.1) is 0 Å². The van der Waals surface area contributed by atoms with E-state index in [1.165, 1.54) is 18.4 Å². The number of benzene rings is 2. The van der Waals surface area contributed by atoms with Gasteiger partial charge in [-0.2, -0.15) is 0 Å². The molecule has 8 nitrogen and oxygen atoms in total. The van der Waals surface area contributed by atoms with Gasteiger partial charge in [0.25, 0.3) is 5.69 Å². The topological polar surface area (TPSA) is 125 Å². The van der Waals surface area contributed by atoms with Crippen molar-refractivity contribution in [2.75, 3.05) is 0 Å². The summed E-state index contributed by atoms with van der Waals surface area (Å²) in [7, 11) is 0. The van der Waals surface area contributed by atoms with Crippen molar-refractivity contribution in [2.45, 2.75) is 0 Å². The Morgan fingerprint density at radius 2 is 1.52 bits per heavy atom. The van der Waals surface area contributed by atoms with Gasteiger partial charge < -0.3 is 10.2 Å². The summed E-state index contributed by atoms with van der Waals surface area (Å²) in [4.78, 5) is 30.9. The first-order valence-electron chi connectivity index (χ1n) is 8.59. The molecule has 29 heavy (non-hydrogen) atoms. The van der Waals surface area contributed by atoms with Gasteiger partial charge in [0.15, 0.2) is 11.6 Å². The van der Waals surface area contributed by atoms with E-state index >= 15 is 0 Å². The number of carbonyl (C=O) groups is 1. The lowest BCUT2D eigenvalue weighted by Gasteiger charge is -2.08. The van der Waals surface area contributed by atoms with Gasteiger partial charge in [-0.25, -0.2) is 9.97 Å². The standard InChI is InChI=1S/C21H14N4O4/c22-20(26)15-5-3-13(4-6-15)17-12-18(14-7-9-16(10-8-14)25(27)28)24-21(23-17)19-2-1-11-29-19/h1-12H,(H2,22,26). The molecule has 8 heteroatoms. The zero-order chi connectivity index (χ0) is 20.4. The fraction of sp³-hybridized carbons (Fsp3) is 0. The lowest BCUT2D eigenvalue weighted by molar-refractivity contribution is -0.384. The van der Waals surface area contributed by atoms with Crippen molar-refractivity contribution in [3.8, 4) is 34.1 Å². The van der Waals surface area contributed by atoms with Crippen LogP contribution in [0.5, 0.6) is 0 Å². The number of nitrogens with zero attached hydrogens (tertiary/aromatic N) is 3. The van der Waals surface area contributed by atoms with E-state index in [2.05, 4.69) is 9.97 Å². The summed E-state index contributed by atoms with van der Waals surface area (Å²) in [6.45, 7) is 0. The van der Waals surface area contributed by atoms with Crippen LogP contribution >= 0.6 is 0 Å². The molecule has 4 rings (SSSR count). The average molecular weight is 386 g/mol. The number of furan rings is 1. The highest BCUT2D eigenvalue weighted by Crippen LogP contribution is 2.28. The van der Waals surface area contributed by atoms with Gasteiger partial charge in [-0.05, 0) is 42.5 Å². The predicted octanol–water partition coefficient (Wildman–Crippen LogP) is 4.08. The molecule has 0 aliphatic rings. The van der Waals surface area contributed by atoms with Gasteiger partial charge >= 0.3 is 0 Å². The molecule has 2 aromatic carbocycles. The highest BCUT2D eigenvalue weighted by Gasteiger charge is 2.13. The Hall–Kier alpha value is -4.33. The molecule has 0 aliphatic heterocycles. The fourth-order valence-electron chi connectivity index (χ4n) is 2.82. The van der Waals surface area contributed by atoms with Crippen LogP contribution in [-0.4, -0.2) is 20.8 Å². The minimum atomic E-state index is -0.512. The number of rotatable bonds is 5. The Balaban J connectivity index is 1.83. The molecule has 2 heterocycles. The summed E-state index contributed by atoms with van der Waals surface area (Å²) in [6.07, 6.45) is 1.53. The highest BCUT2D eigenvalue weighted by molar-refractivity contribution is 5.93. The van der Waals surface area contributed by atoms with E-state index in [1.54, 1.807) is 54.6 Å². The third kappa shape index (κ3) is 3.72. The van der Waals surface area contributed by atoms with E-state index in [0.29, 0.717) is 34.1 Å². The molecule has 0 spiro atoms. The van der Waals surface area contributed by atoms with Crippen molar-refractivity contribution in [1.82, 2.24) is 9.97 Å². The molecule has 0 unspecified atom stereocenters. The van der Waals surface area contributed by atoms with Crippen LogP contribution < -0.4 is 5.73 Å².